The van der Waals surface area contributed by atoms with Crippen molar-refractivity contribution < 1.29 is 19.1 Å². The molecule has 1 fully saturated rings. The summed E-state index contributed by atoms with van der Waals surface area (Å²) in [5.41, 5.74) is 0.952. The lowest BCUT2D eigenvalue weighted by Gasteiger charge is -2.30. The summed E-state index contributed by atoms with van der Waals surface area (Å²) in [6, 6.07) is 9.23. The summed E-state index contributed by atoms with van der Waals surface area (Å²) in [5, 5.41) is 3.01. The van der Waals surface area contributed by atoms with E-state index < -0.39 is 0 Å². The highest BCUT2D eigenvalue weighted by Gasteiger charge is 2.23. The Hall–Kier alpha value is -1.92. The van der Waals surface area contributed by atoms with E-state index in [4.69, 9.17) is 4.74 Å². The molecular weight excluding hydrogens is 272 g/mol. The van der Waals surface area contributed by atoms with Crippen LogP contribution in [-0.4, -0.2) is 57.2 Å². The lowest BCUT2D eigenvalue weighted by molar-refractivity contribution is -0.110. The number of carbonyl (C=O) groups is 2. The number of rotatable bonds is 3. The van der Waals surface area contributed by atoms with E-state index in [0.29, 0.717) is 19.6 Å². The van der Waals surface area contributed by atoms with Gasteiger partial charge in [-0.05, 0) is 5.56 Å². The Labute approximate surface area is 125 Å². The zero-order valence-corrected chi connectivity index (χ0v) is 12.5. The van der Waals surface area contributed by atoms with Gasteiger partial charge in [0.05, 0.1) is 6.04 Å². The Balaban J connectivity index is 0.000000677. The van der Waals surface area contributed by atoms with Gasteiger partial charge in [-0.1, -0.05) is 30.3 Å². The molecule has 0 aliphatic carbocycles. The van der Waals surface area contributed by atoms with Crippen LogP contribution in [0, 0.1) is 0 Å². The maximum absolute atomic E-state index is 11.8. The lowest BCUT2D eigenvalue weighted by atomic mass is 10.2. The van der Waals surface area contributed by atoms with E-state index >= 15 is 0 Å². The number of methoxy groups -OCH3 is 1. The van der Waals surface area contributed by atoms with Crippen molar-refractivity contribution in [3.63, 3.8) is 0 Å². The number of piperazine rings is 1. The summed E-state index contributed by atoms with van der Waals surface area (Å²) in [5.74, 6) is 0. The fourth-order valence-corrected chi connectivity index (χ4v) is 1.85. The molecular formula is C15H22N2O4. The van der Waals surface area contributed by atoms with Crippen molar-refractivity contribution in [2.45, 2.75) is 12.6 Å². The largest absolute Gasteiger partial charge is 0.445 e. The summed E-state index contributed by atoms with van der Waals surface area (Å²) in [6.07, 6.45) is 0.448. The normalized spacial score (nSPS) is 17.4. The van der Waals surface area contributed by atoms with E-state index in [1.807, 2.05) is 30.3 Å². The zero-order valence-electron chi connectivity index (χ0n) is 12.5. The molecule has 0 bridgehead atoms. The van der Waals surface area contributed by atoms with Crippen molar-refractivity contribution in [1.29, 1.82) is 0 Å². The van der Waals surface area contributed by atoms with Crippen LogP contribution in [0.1, 0.15) is 5.56 Å². The standard InChI is InChI=1S/C13H16N2O3.C2H6O/c16-9-12-8-15(7-6-14-12)13(17)18-10-11-4-2-1-3-5-11;1-3-2/h1-5,9,12,14H,6-8,10H2;1-2H3. The number of hydrogen-bond donors (Lipinski definition) is 1. The van der Waals surface area contributed by atoms with Crippen LogP contribution in [0.4, 0.5) is 4.79 Å². The van der Waals surface area contributed by atoms with Crippen LogP contribution in [0.15, 0.2) is 30.3 Å². The van der Waals surface area contributed by atoms with Gasteiger partial charge < -0.3 is 24.5 Å². The lowest BCUT2D eigenvalue weighted by Crippen LogP contribution is -2.53. The topological polar surface area (TPSA) is 67.9 Å². The van der Waals surface area contributed by atoms with Crippen molar-refractivity contribution in [1.82, 2.24) is 10.2 Å². The minimum atomic E-state index is -0.368. The van der Waals surface area contributed by atoms with Crippen molar-refractivity contribution in [2.75, 3.05) is 33.9 Å². The second kappa shape index (κ2) is 9.90. The number of nitrogens with one attached hydrogen (secondary N) is 1. The van der Waals surface area contributed by atoms with Gasteiger partial charge in [-0.2, -0.15) is 0 Å². The second-order valence-corrected chi connectivity index (χ2v) is 4.59. The highest BCUT2D eigenvalue weighted by molar-refractivity contribution is 5.69. The van der Waals surface area contributed by atoms with Crippen LogP contribution in [-0.2, 0) is 20.9 Å². The van der Waals surface area contributed by atoms with E-state index in [1.54, 1.807) is 19.1 Å². The molecule has 1 aromatic rings. The molecule has 21 heavy (non-hydrogen) atoms. The maximum Gasteiger partial charge on any atom is 0.410 e. The van der Waals surface area contributed by atoms with Crippen LogP contribution in [0.25, 0.3) is 0 Å². The van der Waals surface area contributed by atoms with Crippen LogP contribution < -0.4 is 5.32 Å². The minimum Gasteiger partial charge on any atom is -0.445 e. The average molecular weight is 294 g/mol. The van der Waals surface area contributed by atoms with Crippen LogP contribution in [0.5, 0.6) is 0 Å². The fraction of sp³-hybridized carbons (Fsp3) is 0.467. The fourth-order valence-electron chi connectivity index (χ4n) is 1.85. The van der Waals surface area contributed by atoms with Crippen molar-refractivity contribution in [2.24, 2.45) is 0 Å². The molecule has 1 saturated heterocycles. The molecule has 1 N–H and O–H groups in total. The highest BCUT2D eigenvalue weighted by Crippen LogP contribution is 2.05. The Kier molecular flexibility index (Phi) is 8.08. The summed E-state index contributed by atoms with van der Waals surface area (Å²) in [7, 11) is 3.25. The smallest absolute Gasteiger partial charge is 0.410 e. The third-order valence-electron chi connectivity index (χ3n) is 2.83. The molecule has 0 spiro atoms. The molecule has 6 nitrogen and oxygen atoms in total. The molecule has 0 aromatic heterocycles. The molecule has 116 valence electrons. The summed E-state index contributed by atoms with van der Waals surface area (Å²) in [4.78, 5) is 24.0. The average Bonchev–Trinajstić information content (AvgIpc) is 2.54. The number of ether oxygens (including phenoxy) is 2. The molecule has 2 rings (SSSR count). The van der Waals surface area contributed by atoms with Gasteiger partial charge in [-0.15, -0.1) is 0 Å². The highest BCUT2D eigenvalue weighted by atomic mass is 16.6. The first kappa shape index (κ1) is 17.1. The third kappa shape index (κ3) is 6.37. The summed E-state index contributed by atoms with van der Waals surface area (Å²) >= 11 is 0. The zero-order chi connectivity index (χ0) is 15.5. The molecule has 1 amide bonds. The van der Waals surface area contributed by atoms with Gasteiger partial charge in [0.1, 0.15) is 12.9 Å². The second-order valence-electron chi connectivity index (χ2n) is 4.59. The monoisotopic (exact) mass is 294 g/mol. The van der Waals surface area contributed by atoms with Gasteiger partial charge in [0.25, 0.3) is 0 Å². The number of hydrogen-bond acceptors (Lipinski definition) is 5. The molecule has 0 saturated carbocycles. The Bertz CT molecular complexity index is 425. The Morgan fingerprint density at radius 2 is 2.05 bits per heavy atom. The molecule has 1 aliphatic rings. The predicted molar refractivity (Wildman–Crippen MR) is 79.0 cm³/mol. The molecule has 1 aliphatic heterocycles. The number of benzene rings is 1. The quantitative estimate of drug-likeness (QED) is 0.844. The first-order chi connectivity index (χ1) is 10.2. The van der Waals surface area contributed by atoms with Crippen molar-refractivity contribution in [3.05, 3.63) is 35.9 Å². The number of amides is 1. The molecule has 6 heteroatoms. The predicted octanol–water partition coefficient (Wildman–Crippen LogP) is 1.06. The summed E-state index contributed by atoms with van der Waals surface area (Å²) < 4.78 is 9.45. The van der Waals surface area contributed by atoms with Gasteiger partial charge in [-0.3, -0.25) is 0 Å². The molecule has 1 aromatic carbocycles. The van der Waals surface area contributed by atoms with Crippen LogP contribution >= 0.6 is 0 Å². The third-order valence-corrected chi connectivity index (χ3v) is 2.83. The number of nitrogens with zero attached hydrogens (tertiary/aromatic N) is 1. The Morgan fingerprint density at radius 3 is 2.67 bits per heavy atom. The first-order valence-electron chi connectivity index (χ1n) is 6.75. The number of carbonyl (C=O) groups excluding carboxylic acids is 2. The van der Waals surface area contributed by atoms with Gasteiger partial charge >= 0.3 is 6.09 Å². The SMILES string of the molecule is COC.O=CC1CN(C(=O)OCc2ccccc2)CCN1. The maximum atomic E-state index is 11.8. The van der Waals surface area contributed by atoms with E-state index in [0.717, 1.165) is 11.8 Å². The van der Waals surface area contributed by atoms with E-state index in [2.05, 4.69) is 10.1 Å². The van der Waals surface area contributed by atoms with Crippen molar-refractivity contribution in [3.8, 4) is 0 Å². The summed E-state index contributed by atoms with van der Waals surface area (Å²) in [6.45, 7) is 1.81. The van der Waals surface area contributed by atoms with Gasteiger partial charge in [0, 0.05) is 33.9 Å². The van der Waals surface area contributed by atoms with Crippen LogP contribution in [0.3, 0.4) is 0 Å². The van der Waals surface area contributed by atoms with Gasteiger partial charge in [0.2, 0.25) is 0 Å². The molecule has 0 radical (unpaired) electrons. The van der Waals surface area contributed by atoms with E-state index in [-0.39, 0.29) is 18.7 Å². The molecule has 1 atom stereocenters. The van der Waals surface area contributed by atoms with E-state index in [9.17, 15) is 9.59 Å². The number of aldehydes is 1. The minimum absolute atomic E-state index is 0.259. The van der Waals surface area contributed by atoms with Gasteiger partial charge in [-0.25, -0.2) is 4.79 Å². The molecule has 1 unspecified atom stereocenters. The van der Waals surface area contributed by atoms with Gasteiger partial charge in [0.15, 0.2) is 0 Å². The Morgan fingerprint density at radius 1 is 1.38 bits per heavy atom. The van der Waals surface area contributed by atoms with E-state index in [1.165, 1.54) is 0 Å². The van der Waals surface area contributed by atoms with Crippen molar-refractivity contribution >= 4 is 12.4 Å². The molecule has 1 heterocycles. The first-order valence-corrected chi connectivity index (χ1v) is 6.75. The van der Waals surface area contributed by atoms with Crippen LogP contribution in [0.2, 0.25) is 0 Å².